The third kappa shape index (κ3) is 3.98. The summed E-state index contributed by atoms with van der Waals surface area (Å²) in [5.41, 5.74) is 8.30. The molecule has 0 unspecified atom stereocenters. The van der Waals surface area contributed by atoms with Gasteiger partial charge in [-0.2, -0.15) is 5.10 Å². The Hall–Kier alpha value is -1.72. The van der Waals surface area contributed by atoms with Crippen molar-refractivity contribution in [3.8, 4) is 0 Å². The van der Waals surface area contributed by atoms with E-state index in [0.717, 1.165) is 25.9 Å². The molecule has 2 N–H and O–H groups in total. The lowest BCUT2D eigenvalue weighted by Crippen LogP contribution is -2.38. The molecule has 0 spiro atoms. The van der Waals surface area contributed by atoms with Gasteiger partial charge in [0.05, 0.1) is 5.56 Å². The van der Waals surface area contributed by atoms with E-state index in [-0.39, 0.29) is 30.7 Å². The number of aryl methyl sites for hydroxylation is 1. The number of para-hydroxylation sites is 1. The molecule has 1 fully saturated rings. The minimum atomic E-state index is 0. The van der Waals surface area contributed by atoms with Gasteiger partial charge >= 0.3 is 0 Å². The monoisotopic (exact) mass is 356 g/mol. The van der Waals surface area contributed by atoms with E-state index in [9.17, 15) is 4.79 Å². The van der Waals surface area contributed by atoms with Crippen molar-refractivity contribution >= 4 is 36.4 Å². The van der Waals surface area contributed by atoms with E-state index in [0.29, 0.717) is 17.2 Å². The summed E-state index contributed by atoms with van der Waals surface area (Å²) in [6.45, 7) is 1.53. The summed E-state index contributed by atoms with van der Waals surface area (Å²) < 4.78 is 1.93. The Labute approximate surface area is 148 Å². The molecule has 7 heteroatoms. The Bertz CT molecular complexity index is 651. The second-order valence-corrected chi connectivity index (χ2v) is 5.53. The molecule has 0 radical (unpaired) electrons. The Morgan fingerprint density at radius 3 is 2.39 bits per heavy atom. The fraction of sp³-hybridized carbons (Fsp3) is 0.375. The molecular weight excluding hydrogens is 335 g/mol. The van der Waals surface area contributed by atoms with Crippen LogP contribution in [0.3, 0.4) is 0 Å². The number of anilines is 1. The molecule has 3 rings (SSSR count). The molecule has 2 aromatic rings. The number of halogens is 2. The number of hydrogen-bond donors (Lipinski definition) is 1. The van der Waals surface area contributed by atoms with Crippen molar-refractivity contribution in [1.29, 1.82) is 0 Å². The highest BCUT2D eigenvalue weighted by Crippen LogP contribution is 2.28. The van der Waals surface area contributed by atoms with Crippen LogP contribution in [0.4, 0.5) is 5.69 Å². The van der Waals surface area contributed by atoms with Gasteiger partial charge in [0.1, 0.15) is 0 Å². The number of carbonyl (C=O) groups is 1. The van der Waals surface area contributed by atoms with E-state index in [1.165, 1.54) is 5.69 Å². The third-order valence-electron chi connectivity index (χ3n) is 4.25. The van der Waals surface area contributed by atoms with Crippen molar-refractivity contribution in [2.75, 3.05) is 18.8 Å². The van der Waals surface area contributed by atoms with E-state index in [4.69, 9.17) is 5.73 Å². The van der Waals surface area contributed by atoms with Crippen LogP contribution in [-0.2, 0) is 7.05 Å². The largest absolute Gasteiger partial charge is 0.398 e. The highest BCUT2D eigenvalue weighted by molar-refractivity contribution is 5.99. The summed E-state index contributed by atoms with van der Waals surface area (Å²) in [4.78, 5) is 14.4. The van der Waals surface area contributed by atoms with E-state index in [1.807, 2.05) is 35.0 Å². The summed E-state index contributed by atoms with van der Waals surface area (Å²) in [6.07, 6.45) is 3.77. The molecule has 1 aromatic heterocycles. The van der Waals surface area contributed by atoms with Crippen LogP contribution in [0.15, 0.2) is 36.5 Å². The number of nitrogens with two attached hydrogens (primary N) is 1. The van der Waals surface area contributed by atoms with Gasteiger partial charge in [-0.25, -0.2) is 0 Å². The Morgan fingerprint density at radius 2 is 1.83 bits per heavy atom. The molecular formula is C16H22Cl2N4O. The second-order valence-electron chi connectivity index (χ2n) is 5.53. The van der Waals surface area contributed by atoms with Crippen LogP contribution < -0.4 is 5.73 Å². The average molecular weight is 357 g/mol. The number of hydrogen-bond acceptors (Lipinski definition) is 3. The smallest absolute Gasteiger partial charge is 0.255 e. The minimum Gasteiger partial charge on any atom is -0.398 e. The minimum absolute atomic E-state index is 0. The summed E-state index contributed by atoms with van der Waals surface area (Å²) in [5.74, 6) is 0.520. The lowest BCUT2D eigenvalue weighted by atomic mass is 9.93. The summed E-state index contributed by atoms with van der Waals surface area (Å²) in [7, 11) is 1.97. The molecule has 1 amide bonds. The Kier molecular flexibility index (Phi) is 6.91. The van der Waals surface area contributed by atoms with Crippen molar-refractivity contribution in [2.24, 2.45) is 7.05 Å². The summed E-state index contributed by atoms with van der Waals surface area (Å²) >= 11 is 0. The van der Waals surface area contributed by atoms with Crippen LogP contribution in [-0.4, -0.2) is 33.7 Å². The van der Waals surface area contributed by atoms with Crippen LogP contribution >= 0.6 is 24.8 Å². The van der Waals surface area contributed by atoms with E-state index in [2.05, 4.69) is 11.2 Å². The van der Waals surface area contributed by atoms with Crippen molar-refractivity contribution < 1.29 is 4.79 Å². The number of carbonyl (C=O) groups excluding carboxylic acids is 1. The van der Waals surface area contributed by atoms with Gasteiger partial charge in [-0.15, -0.1) is 24.8 Å². The van der Waals surface area contributed by atoms with Gasteiger partial charge in [0.25, 0.3) is 5.91 Å². The number of rotatable bonds is 2. The van der Waals surface area contributed by atoms with Crippen molar-refractivity contribution in [1.82, 2.24) is 14.7 Å². The van der Waals surface area contributed by atoms with Crippen LogP contribution in [0.1, 0.15) is 34.8 Å². The van der Waals surface area contributed by atoms with E-state index in [1.54, 1.807) is 12.1 Å². The highest BCUT2D eigenvalue weighted by Gasteiger charge is 2.26. The predicted molar refractivity (Wildman–Crippen MR) is 96.4 cm³/mol. The van der Waals surface area contributed by atoms with Crippen LogP contribution in [0.5, 0.6) is 0 Å². The molecule has 126 valence electrons. The fourth-order valence-electron chi connectivity index (χ4n) is 3.03. The van der Waals surface area contributed by atoms with E-state index >= 15 is 0 Å². The van der Waals surface area contributed by atoms with Gasteiger partial charge < -0.3 is 10.6 Å². The Morgan fingerprint density at radius 1 is 1.17 bits per heavy atom. The quantitative estimate of drug-likeness (QED) is 0.841. The first kappa shape index (κ1) is 19.3. The lowest BCUT2D eigenvalue weighted by molar-refractivity contribution is 0.0712. The fourth-order valence-corrected chi connectivity index (χ4v) is 3.03. The van der Waals surface area contributed by atoms with Gasteiger partial charge in [-0.3, -0.25) is 9.48 Å². The molecule has 23 heavy (non-hydrogen) atoms. The van der Waals surface area contributed by atoms with Gasteiger partial charge in [0, 0.05) is 43.6 Å². The van der Waals surface area contributed by atoms with Crippen LogP contribution in [0.2, 0.25) is 0 Å². The maximum atomic E-state index is 12.5. The van der Waals surface area contributed by atoms with Crippen molar-refractivity contribution in [2.45, 2.75) is 18.8 Å². The highest BCUT2D eigenvalue weighted by atomic mass is 35.5. The SMILES string of the molecule is Cl.Cl.Cn1nccc1C1CCN(C(=O)c2ccccc2N)CC1. The maximum Gasteiger partial charge on any atom is 0.255 e. The van der Waals surface area contributed by atoms with Gasteiger partial charge in [0.2, 0.25) is 0 Å². The van der Waals surface area contributed by atoms with Gasteiger partial charge in [-0.05, 0) is 31.0 Å². The molecule has 0 aliphatic carbocycles. The first-order chi connectivity index (χ1) is 10.2. The van der Waals surface area contributed by atoms with Gasteiger partial charge in [0.15, 0.2) is 0 Å². The number of amides is 1. The van der Waals surface area contributed by atoms with E-state index < -0.39 is 0 Å². The number of benzene rings is 1. The number of nitrogen functional groups attached to an aromatic ring is 1. The molecule has 0 atom stereocenters. The third-order valence-corrected chi connectivity index (χ3v) is 4.25. The van der Waals surface area contributed by atoms with Crippen LogP contribution in [0, 0.1) is 0 Å². The first-order valence-electron chi connectivity index (χ1n) is 7.28. The summed E-state index contributed by atoms with van der Waals surface area (Å²) in [6, 6.07) is 9.34. The molecule has 1 saturated heterocycles. The number of aromatic nitrogens is 2. The van der Waals surface area contributed by atoms with Crippen molar-refractivity contribution in [3.05, 3.63) is 47.8 Å². The molecule has 1 aromatic carbocycles. The number of nitrogens with zero attached hydrogens (tertiary/aromatic N) is 3. The second kappa shape index (κ2) is 8.22. The lowest BCUT2D eigenvalue weighted by Gasteiger charge is -2.32. The van der Waals surface area contributed by atoms with Crippen LogP contribution in [0.25, 0.3) is 0 Å². The molecule has 1 aliphatic rings. The zero-order valence-electron chi connectivity index (χ0n) is 13.0. The number of likely N-dealkylation sites (tertiary alicyclic amines) is 1. The topological polar surface area (TPSA) is 64.2 Å². The number of piperidine rings is 1. The zero-order chi connectivity index (χ0) is 14.8. The maximum absolute atomic E-state index is 12.5. The molecule has 1 aliphatic heterocycles. The molecule has 0 saturated carbocycles. The van der Waals surface area contributed by atoms with Gasteiger partial charge in [-0.1, -0.05) is 12.1 Å². The normalized spacial score (nSPS) is 14.7. The summed E-state index contributed by atoms with van der Waals surface area (Å²) in [5, 5.41) is 4.22. The molecule has 5 nitrogen and oxygen atoms in total. The average Bonchev–Trinajstić information content (AvgIpc) is 2.93. The first-order valence-corrected chi connectivity index (χ1v) is 7.28. The predicted octanol–water partition coefficient (Wildman–Crippen LogP) is 2.87. The zero-order valence-corrected chi connectivity index (χ0v) is 14.6. The molecule has 0 bridgehead atoms. The standard InChI is InChI=1S/C16H20N4O.2ClH/c1-19-15(6-9-18-19)12-7-10-20(11-8-12)16(21)13-4-2-3-5-14(13)17;;/h2-6,9,12H,7-8,10-11,17H2,1H3;2*1H. The molecule has 2 heterocycles. The van der Waals surface area contributed by atoms with Crippen molar-refractivity contribution in [3.63, 3.8) is 0 Å². The Balaban J connectivity index is 0.00000132.